The number of hydrogen-bond donors (Lipinski definition) is 0. The first-order valence-electron chi connectivity index (χ1n) is 3.83. The molecule has 0 aromatic heterocycles. The molecule has 3 heteroatoms. The van der Waals surface area contributed by atoms with Gasteiger partial charge in [-0.3, -0.25) is 0 Å². The van der Waals surface area contributed by atoms with Gasteiger partial charge in [0.2, 0.25) is 0 Å². The summed E-state index contributed by atoms with van der Waals surface area (Å²) in [7, 11) is 2.78. The maximum atomic E-state index is 2.22. The zero-order chi connectivity index (χ0) is 6.83. The van der Waals surface area contributed by atoms with Gasteiger partial charge in [-0.2, -0.15) is 0 Å². The maximum Gasteiger partial charge on any atom is 2.00 e. The number of rotatable bonds is 2. The molecule has 76 valence electrons. The molecule has 0 bridgehead atoms. The molecule has 0 unspecified atom stereocenters. The predicted molar refractivity (Wildman–Crippen MR) is 62.9 cm³/mol. The van der Waals surface area contributed by atoms with Crippen LogP contribution in [-0.2, 0) is 16.5 Å². The smallest absolute Gasteiger partial charge is 0.358 e. The van der Waals surface area contributed by atoms with Crippen molar-refractivity contribution in [3.63, 3.8) is 0 Å². The largest absolute Gasteiger partial charge is 2.00 e. The molecule has 0 radical (unpaired) electrons. The van der Waals surface area contributed by atoms with Gasteiger partial charge in [-0.25, -0.2) is 0 Å². The first kappa shape index (κ1) is 29.7. The van der Waals surface area contributed by atoms with Crippen molar-refractivity contribution in [3.8, 4) is 0 Å². The molecular weight excluding hydrogens is 211 g/mol. The van der Waals surface area contributed by atoms with E-state index in [0.29, 0.717) is 0 Å². The van der Waals surface area contributed by atoms with Crippen LogP contribution in [0.15, 0.2) is 0 Å². The van der Waals surface area contributed by atoms with E-state index in [1.165, 1.54) is 45.4 Å². The molecule has 0 aliphatic carbocycles. The van der Waals surface area contributed by atoms with Crippen LogP contribution in [0.4, 0.5) is 0 Å². The molecule has 11 heavy (non-hydrogen) atoms. The summed E-state index contributed by atoms with van der Waals surface area (Å²) in [4.78, 5) is 0. The predicted octanol–water partition coefficient (Wildman–Crippen LogP) is 1.26. The Morgan fingerprint density at radius 1 is 0.818 bits per heavy atom. The second kappa shape index (κ2) is 44.4. The summed E-state index contributed by atoms with van der Waals surface area (Å²) in [5.41, 5.74) is 0. The molecule has 0 saturated carbocycles. The Labute approximate surface area is 90.7 Å². The summed E-state index contributed by atoms with van der Waals surface area (Å²) < 4.78 is 0. The van der Waals surface area contributed by atoms with Gasteiger partial charge in [-0.1, -0.05) is 38.8 Å². The van der Waals surface area contributed by atoms with Crippen molar-refractivity contribution in [3.05, 3.63) is 14.9 Å². The third-order valence-electron chi connectivity index (χ3n) is 1.000. The Morgan fingerprint density at radius 2 is 0.909 bits per heavy atom. The average molecular weight is 237 g/mol. The quantitative estimate of drug-likeness (QED) is 0.501. The SMILES string of the molecule is CCC[SiH3].CCC[SiH3].[CH3-].[CH3-].[Ni+2]. The Morgan fingerprint density at radius 3 is 0.909 bits per heavy atom. The van der Waals surface area contributed by atoms with E-state index >= 15 is 0 Å². The topological polar surface area (TPSA) is 0 Å². The van der Waals surface area contributed by atoms with E-state index < -0.39 is 0 Å². The first-order valence-corrected chi connectivity index (χ1v) is 6.66. The molecule has 0 aromatic carbocycles. The minimum Gasteiger partial charge on any atom is -0.358 e. The van der Waals surface area contributed by atoms with Gasteiger partial charge in [-0.05, 0) is 0 Å². The molecule has 0 rings (SSSR count). The molecule has 0 N–H and O–H groups in total. The molecular formula is C8H26NiSi2. The fraction of sp³-hybridized carbons (Fsp3) is 0.750. The van der Waals surface area contributed by atoms with Crippen molar-refractivity contribution >= 4 is 20.5 Å². The summed E-state index contributed by atoms with van der Waals surface area (Å²) in [5.74, 6) is 0. The summed E-state index contributed by atoms with van der Waals surface area (Å²) in [6.07, 6.45) is 2.76. The van der Waals surface area contributed by atoms with Crippen LogP contribution in [-0.4, -0.2) is 20.5 Å². The van der Waals surface area contributed by atoms with E-state index in [2.05, 4.69) is 13.8 Å². The van der Waals surface area contributed by atoms with Crippen molar-refractivity contribution in [2.45, 2.75) is 38.8 Å². The van der Waals surface area contributed by atoms with Crippen molar-refractivity contribution < 1.29 is 16.5 Å². The standard InChI is InChI=1S/2C3H10Si.2CH3.Ni/c2*1-2-3-4;;;/h2*2-3H2,1,4H3;2*1H3;/q;;2*-1;+2. The molecule has 0 spiro atoms. The Bertz CT molecular complexity index is 20.1. The van der Waals surface area contributed by atoms with Crippen molar-refractivity contribution in [1.29, 1.82) is 0 Å². The Kier molecular flexibility index (Phi) is 120. The molecule has 0 atom stereocenters. The first-order chi connectivity index (χ1) is 3.83. The van der Waals surface area contributed by atoms with Crippen LogP contribution in [0.1, 0.15) is 26.7 Å². The zero-order valence-corrected chi connectivity index (χ0v) is 14.1. The fourth-order valence-electron chi connectivity index (χ4n) is 0. The van der Waals surface area contributed by atoms with Crippen LogP contribution in [0.5, 0.6) is 0 Å². The van der Waals surface area contributed by atoms with Gasteiger partial charge < -0.3 is 14.9 Å². The van der Waals surface area contributed by atoms with Gasteiger partial charge in [0.25, 0.3) is 0 Å². The summed E-state index contributed by atoms with van der Waals surface area (Å²) >= 11 is 0. The van der Waals surface area contributed by atoms with Crippen molar-refractivity contribution in [1.82, 2.24) is 0 Å². The van der Waals surface area contributed by atoms with E-state index in [9.17, 15) is 0 Å². The van der Waals surface area contributed by atoms with E-state index in [4.69, 9.17) is 0 Å². The van der Waals surface area contributed by atoms with E-state index in [1.807, 2.05) is 0 Å². The molecule has 0 amide bonds. The van der Waals surface area contributed by atoms with Gasteiger partial charge >= 0.3 is 16.5 Å². The van der Waals surface area contributed by atoms with Crippen LogP contribution in [0.3, 0.4) is 0 Å². The van der Waals surface area contributed by atoms with E-state index in [0.717, 1.165) is 0 Å². The molecule has 0 nitrogen and oxygen atoms in total. The monoisotopic (exact) mass is 236 g/mol. The maximum absolute atomic E-state index is 2.22. The van der Waals surface area contributed by atoms with Crippen molar-refractivity contribution in [2.24, 2.45) is 0 Å². The number of hydrogen-bond acceptors (Lipinski definition) is 0. The Hall–Kier alpha value is 0.927. The van der Waals surface area contributed by atoms with Crippen LogP contribution < -0.4 is 0 Å². The third kappa shape index (κ3) is 102. The molecule has 0 aliphatic heterocycles. The second-order valence-electron chi connectivity index (χ2n) is 2.00. The van der Waals surface area contributed by atoms with E-state index in [-0.39, 0.29) is 31.3 Å². The van der Waals surface area contributed by atoms with Crippen LogP contribution in [0, 0.1) is 14.9 Å². The molecule has 0 saturated heterocycles. The normalized spacial score (nSPS) is 6.00. The zero-order valence-electron chi connectivity index (χ0n) is 9.14. The van der Waals surface area contributed by atoms with Gasteiger partial charge in [0.1, 0.15) is 0 Å². The molecule has 0 fully saturated rings. The average Bonchev–Trinajstić information content (AvgIpc) is 1.88. The van der Waals surface area contributed by atoms with Crippen LogP contribution >= 0.6 is 0 Å². The second-order valence-corrected chi connectivity index (χ2v) is 4.00. The summed E-state index contributed by atoms with van der Waals surface area (Å²) in [6.45, 7) is 4.43. The minimum absolute atomic E-state index is 0. The third-order valence-corrected chi connectivity index (χ3v) is 3.00. The summed E-state index contributed by atoms with van der Waals surface area (Å²) in [5, 5.41) is 0. The van der Waals surface area contributed by atoms with Crippen molar-refractivity contribution in [2.75, 3.05) is 0 Å². The fourth-order valence-corrected chi connectivity index (χ4v) is 0. The van der Waals surface area contributed by atoms with E-state index in [1.54, 1.807) is 0 Å². The molecule has 0 aliphatic rings. The Balaban J connectivity index is -0.0000000171. The van der Waals surface area contributed by atoms with Crippen LogP contribution in [0.2, 0.25) is 12.1 Å². The van der Waals surface area contributed by atoms with Gasteiger partial charge in [0.05, 0.1) is 0 Å². The molecule has 0 aromatic rings. The van der Waals surface area contributed by atoms with Gasteiger partial charge in [0, 0.05) is 20.5 Å². The summed E-state index contributed by atoms with van der Waals surface area (Å²) in [6, 6.07) is 2.92. The van der Waals surface area contributed by atoms with Gasteiger partial charge in [-0.15, -0.1) is 0 Å². The minimum atomic E-state index is 0. The van der Waals surface area contributed by atoms with Crippen LogP contribution in [0.25, 0.3) is 0 Å². The van der Waals surface area contributed by atoms with Gasteiger partial charge in [0.15, 0.2) is 0 Å². The molecule has 0 heterocycles.